The standard InChI is InChI=1S/C8H11F3N4S/c1-4(2)3-15-6(8(9,10)11)5(7(12)16)13-14-15/h4H,3H2,1-2H3,(H2,12,16). The van der Waals surface area contributed by atoms with Gasteiger partial charge in [0.15, 0.2) is 11.4 Å². The van der Waals surface area contributed by atoms with Gasteiger partial charge in [-0.1, -0.05) is 31.3 Å². The number of aromatic nitrogens is 3. The molecule has 1 aromatic heterocycles. The van der Waals surface area contributed by atoms with Crippen LogP contribution in [-0.4, -0.2) is 20.0 Å². The van der Waals surface area contributed by atoms with Crippen molar-refractivity contribution in [1.29, 1.82) is 0 Å². The van der Waals surface area contributed by atoms with Crippen LogP contribution in [0.4, 0.5) is 13.2 Å². The molecule has 1 rings (SSSR count). The molecule has 90 valence electrons. The molecule has 1 aromatic rings. The number of alkyl halides is 3. The first-order valence-electron chi connectivity index (χ1n) is 4.54. The minimum Gasteiger partial charge on any atom is -0.388 e. The third-order valence-electron chi connectivity index (χ3n) is 1.78. The van der Waals surface area contributed by atoms with Gasteiger partial charge in [0, 0.05) is 6.54 Å². The van der Waals surface area contributed by atoms with E-state index < -0.39 is 22.6 Å². The highest BCUT2D eigenvalue weighted by atomic mass is 32.1. The van der Waals surface area contributed by atoms with Crippen molar-refractivity contribution in [3.63, 3.8) is 0 Å². The molecule has 0 aliphatic heterocycles. The summed E-state index contributed by atoms with van der Waals surface area (Å²) in [5, 5.41) is 6.79. The van der Waals surface area contributed by atoms with Gasteiger partial charge in [0.05, 0.1) is 0 Å². The predicted octanol–water partition coefficient (Wildman–Crippen LogP) is 1.59. The molecular formula is C8H11F3N4S. The fourth-order valence-corrected chi connectivity index (χ4v) is 1.37. The van der Waals surface area contributed by atoms with Gasteiger partial charge >= 0.3 is 6.18 Å². The first kappa shape index (κ1) is 12.9. The van der Waals surface area contributed by atoms with E-state index in [0.717, 1.165) is 4.68 Å². The van der Waals surface area contributed by atoms with Crippen molar-refractivity contribution in [1.82, 2.24) is 15.0 Å². The number of rotatable bonds is 3. The topological polar surface area (TPSA) is 56.7 Å². The van der Waals surface area contributed by atoms with Crippen molar-refractivity contribution >= 4 is 17.2 Å². The molecule has 0 unspecified atom stereocenters. The summed E-state index contributed by atoms with van der Waals surface area (Å²) in [5.41, 5.74) is 3.72. The molecule has 0 spiro atoms. The van der Waals surface area contributed by atoms with Gasteiger partial charge in [-0.15, -0.1) is 5.10 Å². The number of hydrogen-bond acceptors (Lipinski definition) is 3. The van der Waals surface area contributed by atoms with Crippen LogP contribution in [0.25, 0.3) is 0 Å². The van der Waals surface area contributed by atoms with E-state index in [-0.39, 0.29) is 12.5 Å². The van der Waals surface area contributed by atoms with Gasteiger partial charge in [-0.25, -0.2) is 4.68 Å². The Morgan fingerprint density at radius 3 is 2.44 bits per heavy atom. The van der Waals surface area contributed by atoms with E-state index in [1.165, 1.54) is 0 Å². The molecule has 0 aromatic carbocycles. The summed E-state index contributed by atoms with van der Waals surface area (Å²) in [6, 6.07) is 0. The molecule has 0 amide bonds. The fraction of sp³-hybridized carbons (Fsp3) is 0.625. The first-order valence-corrected chi connectivity index (χ1v) is 4.94. The molecule has 1 heterocycles. The Balaban J connectivity index is 3.25. The van der Waals surface area contributed by atoms with E-state index in [0.29, 0.717) is 0 Å². The Kier molecular flexibility index (Phi) is 3.51. The molecule has 2 N–H and O–H groups in total. The third-order valence-corrected chi connectivity index (χ3v) is 1.97. The van der Waals surface area contributed by atoms with E-state index in [9.17, 15) is 13.2 Å². The summed E-state index contributed by atoms with van der Waals surface area (Å²) in [7, 11) is 0. The molecule has 0 atom stereocenters. The smallest absolute Gasteiger partial charge is 0.388 e. The van der Waals surface area contributed by atoms with E-state index >= 15 is 0 Å². The molecule has 0 saturated carbocycles. The lowest BCUT2D eigenvalue weighted by atomic mass is 10.2. The minimum absolute atomic E-state index is 0.0157. The first-order chi connectivity index (χ1) is 7.23. The molecule has 0 aliphatic carbocycles. The summed E-state index contributed by atoms with van der Waals surface area (Å²) in [4.78, 5) is -0.401. The molecule has 8 heteroatoms. The summed E-state index contributed by atoms with van der Waals surface area (Å²) < 4.78 is 39.0. The van der Waals surface area contributed by atoms with Crippen LogP contribution in [0.5, 0.6) is 0 Å². The molecule has 0 saturated heterocycles. The van der Waals surface area contributed by atoms with Crippen LogP contribution < -0.4 is 5.73 Å². The lowest BCUT2D eigenvalue weighted by molar-refractivity contribution is -0.144. The van der Waals surface area contributed by atoms with Crippen molar-refractivity contribution in [3.05, 3.63) is 11.4 Å². The second-order valence-corrected chi connectivity index (χ2v) is 4.16. The van der Waals surface area contributed by atoms with Crippen LogP contribution in [0.3, 0.4) is 0 Å². The van der Waals surface area contributed by atoms with Gasteiger partial charge in [0.1, 0.15) is 4.99 Å². The van der Waals surface area contributed by atoms with Crippen LogP contribution in [0.2, 0.25) is 0 Å². The number of nitrogens with zero attached hydrogens (tertiary/aromatic N) is 3. The quantitative estimate of drug-likeness (QED) is 0.830. The zero-order chi connectivity index (χ0) is 12.5. The van der Waals surface area contributed by atoms with Gasteiger partial charge in [0.25, 0.3) is 0 Å². The van der Waals surface area contributed by atoms with E-state index in [1.54, 1.807) is 13.8 Å². The monoisotopic (exact) mass is 252 g/mol. The van der Waals surface area contributed by atoms with Gasteiger partial charge in [0.2, 0.25) is 0 Å². The number of hydrogen-bond donors (Lipinski definition) is 1. The number of nitrogens with two attached hydrogens (primary N) is 1. The molecule has 0 aliphatic rings. The SMILES string of the molecule is CC(C)Cn1nnc(C(N)=S)c1C(F)(F)F. The normalized spacial score (nSPS) is 12.1. The molecular weight excluding hydrogens is 241 g/mol. The summed E-state index contributed by atoms with van der Waals surface area (Å²) in [6.45, 7) is 3.68. The highest BCUT2D eigenvalue weighted by molar-refractivity contribution is 7.80. The van der Waals surface area contributed by atoms with Gasteiger partial charge in [-0.05, 0) is 5.92 Å². The van der Waals surface area contributed by atoms with Crippen LogP contribution in [0.1, 0.15) is 25.2 Å². The van der Waals surface area contributed by atoms with E-state index in [1.807, 2.05) is 0 Å². The van der Waals surface area contributed by atoms with Crippen molar-refractivity contribution in [2.24, 2.45) is 11.7 Å². The van der Waals surface area contributed by atoms with Crippen LogP contribution in [-0.2, 0) is 12.7 Å². The minimum atomic E-state index is -4.56. The molecule has 0 bridgehead atoms. The van der Waals surface area contributed by atoms with Gasteiger partial charge < -0.3 is 5.73 Å². The number of thiocarbonyl (C=S) groups is 1. The van der Waals surface area contributed by atoms with Gasteiger partial charge in [-0.3, -0.25) is 0 Å². The van der Waals surface area contributed by atoms with Crippen molar-refractivity contribution in [2.75, 3.05) is 0 Å². The van der Waals surface area contributed by atoms with Crippen molar-refractivity contribution < 1.29 is 13.2 Å². The Bertz CT molecular complexity index is 396. The van der Waals surface area contributed by atoms with Crippen LogP contribution in [0, 0.1) is 5.92 Å². The molecule has 0 fully saturated rings. The van der Waals surface area contributed by atoms with Crippen molar-refractivity contribution in [3.8, 4) is 0 Å². The highest BCUT2D eigenvalue weighted by Gasteiger charge is 2.40. The second-order valence-electron chi connectivity index (χ2n) is 3.72. The fourth-order valence-electron chi connectivity index (χ4n) is 1.23. The van der Waals surface area contributed by atoms with Crippen LogP contribution in [0.15, 0.2) is 0 Å². The zero-order valence-electron chi connectivity index (χ0n) is 8.75. The Morgan fingerprint density at radius 2 is 2.06 bits per heavy atom. The Hall–Kier alpha value is -1.18. The summed E-state index contributed by atoms with van der Waals surface area (Å²) in [6.07, 6.45) is -4.56. The second kappa shape index (κ2) is 4.36. The molecule has 0 radical (unpaired) electrons. The van der Waals surface area contributed by atoms with Crippen molar-refractivity contribution in [2.45, 2.75) is 26.6 Å². The maximum absolute atomic E-state index is 12.7. The van der Waals surface area contributed by atoms with Gasteiger partial charge in [-0.2, -0.15) is 13.2 Å². The summed E-state index contributed by atoms with van der Waals surface area (Å²) >= 11 is 4.51. The average molecular weight is 252 g/mol. The lowest BCUT2D eigenvalue weighted by Gasteiger charge is -2.12. The largest absolute Gasteiger partial charge is 0.435 e. The molecule has 4 nitrogen and oxygen atoms in total. The summed E-state index contributed by atoms with van der Waals surface area (Å²) in [5.74, 6) is 0.0157. The maximum Gasteiger partial charge on any atom is 0.435 e. The highest BCUT2D eigenvalue weighted by Crippen LogP contribution is 2.31. The maximum atomic E-state index is 12.7. The third kappa shape index (κ3) is 2.69. The lowest BCUT2D eigenvalue weighted by Crippen LogP contribution is -2.22. The average Bonchev–Trinajstić information content (AvgIpc) is 2.45. The zero-order valence-corrected chi connectivity index (χ0v) is 9.56. The predicted molar refractivity (Wildman–Crippen MR) is 55.7 cm³/mol. The Morgan fingerprint density at radius 1 is 1.50 bits per heavy atom. The van der Waals surface area contributed by atoms with Crippen LogP contribution >= 0.6 is 12.2 Å². The van der Waals surface area contributed by atoms with E-state index in [4.69, 9.17) is 5.73 Å². The molecule has 16 heavy (non-hydrogen) atoms. The van der Waals surface area contributed by atoms with E-state index in [2.05, 4.69) is 22.5 Å². The Labute approximate surface area is 95.6 Å². The number of halogens is 3.